The average molecular weight is 469 g/mol. The molecular weight excluding hydrogens is 440 g/mol. The van der Waals surface area contributed by atoms with Gasteiger partial charge in [-0.3, -0.25) is 14.5 Å². The molecule has 0 radical (unpaired) electrons. The molecule has 1 atom stereocenters. The minimum Gasteiger partial charge on any atom is -0.350 e. The van der Waals surface area contributed by atoms with E-state index in [2.05, 4.69) is 20.7 Å². The normalized spacial score (nSPS) is 12.3. The molecule has 0 spiro atoms. The molecule has 0 aliphatic heterocycles. The summed E-state index contributed by atoms with van der Waals surface area (Å²) in [6.07, 6.45) is 0. The zero-order valence-corrected chi connectivity index (χ0v) is 20.5. The van der Waals surface area contributed by atoms with Crippen LogP contribution in [0.25, 0.3) is 11.4 Å². The average Bonchev–Trinajstić information content (AvgIpc) is 3.17. The molecule has 2 aromatic carbocycles. The summed E-state index contributed by atoms with van der Waals surface area (Å²) >= 11 is 5.94. The van der Waals surface area contributed by atoms with Gasteiger partial charge in [0.15, 0.2) is 0 Å². The van der Waals surface area contributed by atoms with Gasteiger partial charge in [-0.1, -0.05) is 29.3 Å². The van der Waals surface area contributed by atoms with Crippen LogP contribution in [-0.2, 0) is 16.1 Å². The summed E-state index contributed by atoms with van der Waals surface area (Å²) in [5, 5.41) is 16.0. The molecule has 0 saturated carbocycles. The van der Waals surface area contributed by atoms with Crippen molar-refractivity contribution in [3.05, 3.63) is 58.6 Å². The highest BCUT2D eigenvalue weighted by Gasteiger charge is 2.31. The number of hydrogen-bond donors (Lipinski definition) is 1. The molecular formula is C24H29ClN6O2. The number of anilines is 1. The molecule has 2 amide bonds. The summed E-state index contributed by atoms with van der Waals surface area (Å²) in [5.74, 6) is -0.182. The van der Waals surface area contributed by atoms with Crippen LogP contribution in [-0.4, -0.2) is 43.6 Å². The second-order valence-electron chi connectivity index (χ2n) is 9.12. The number of aryl methyl sites for hydroxylation is 2. The highest BCUT2D eigenvalue weighted by atomic mass is 35.5. The Morgan fingerprint density at radius 3 is 2.39 bits per heavy atom. The van der Waals surface area contributed by atoms with Crippen molar-refractivity contribution in [2.75, 3.05) is 4.90 Å². The number of carbonyl (C=O) groups excluding carboxylic acids is 2. The van der Waals surface area contributed by atoms with Gasteiger partial charge < -0.3 is 5.32 Å². The molecule has 0 aliphatic carbocycles. The monoisotopic (exact) mass is 468 g/mol. The predicted molar refractivity (Wildman–Crippen MR) is 129 cm³/mol. The lowest BCUT2D eigenvalue weighted by molar-refractivity contribution is -0.127. The first-order valence-corrected chi connectivity index (χ1v) is 11.1. The third kappa shape index (κ3) is 6.16. The first-order chi connectivity index (χ1) is 15.4. The van der Waals surface area contributed by atoms with Gasteiger partial charge in [0.2, 0.25) is 11.7 Å². The Hall–Kier alpha value is -3.26. The maximum Gasteiger partial charge on any atom is 0.251 e. The lowest BCUT2D eigenvalue weighted by Crippen LogP contribution is -2.53. The first-order valence-electron chi connectivity index (χ1n) is 10.7. The SMILES string of the molecule is Cc1ccc(N(C(=O)Cn2nnc(-c3ccc(Cl)cc3)n2)C(C)C(=O)NC(C)(C)C)c(C)c1. The van der Waals surface area contributed by atoms with Gasteiger partial charge in [-0.15, -0.1) is 10.2 Å². The fourth-order valence-electron chi connectivity index (χ4n) is 3.45. The molecule has 3 rings (SSSR count). The zero-order chi connectivity index (χ0) is 24.3. The van der Waals surface area contributed by atoms with E-state index in [4.69, 9.17) is 11.6 Å². The summed E-state index contributed by atoms with van der Waals surface area (Å²) in [6, 6.07) is 12.1. The van der Waals surface area contributed by atoms with Crippen molar-refractivity contribution in [3.8, 4) is 11.4 Å². The van der Waals surface area contributed by atoms with Gasteiger partial charge in [0.25, 0.3) is 5.91 Å². The third-order valence-corrected chi connectivity index (χ3v) is 5.23. The summed E-state index contributed by atoms with van der Waals surface area (Å²) in [7, 11) is 0. The number of nitrogens with one attached hydrogen (secondary N) is 1. The Labute approximate surface area is 198 Å². The summed E-state index contributed by atoms with van der Waals surface area (Å²) in [6.45, 7) is 11.2. The van der Waals surface area contributed by atoms with Gasteiger partial charge in [0, 0.05) is 21.8 Å². The van der Waals surface area contributed by atoms with E-state index < -0.39 is 11.6 Å². The van der Waals surface area contributed by atoms with Crippen LogP contribution in [0.2, 0.25) is 5.02 Å². The molecule has 33 heavy (non-hydrogen) atoms. The van der Waals surface area contributed by atoms with E-state index >= 15 is 0 Å². The van der Waals surface area contributed by atoms with Crippen LogP contribution in [0.1, 0.15) is 38.8 Å². The molecule has 0 aliphatic rings. The summed E-state index contributed by atoms with van der Waals surface area (Å²) in [4.78, 5) is 29.1. The lowest BCUT2D eigenvalue weighted by atomic mass is 10.1. The Morgan fingerprint density at radius 2 is 1.79 bits per heavy atom. The maximum absolute atomic E-state index is 13.5. The van der Waals surface area contributed by atoms with Crippen LogP contribution in [0, 0.1) is 13.8 Å². The van der Waals surface area contributed by atoms with Crippen molar-refractivity contribution >= 4 is 29.1 Å². The molecule has 0 saturated heterocycles. The molecule has 1 heterocycles. The molecule has 3 aromatic rings. The van der Waals surface area contributed by atoms with Crippen LogP contribution in [0.15, 0.2) is 42.5 Å². The van der Waals surface area contributed by atoms with Crippen molar-refractivity contribution in [3.63, 3.8) is 0 Å². The highest BCUT2D eigenvalue weighted by molar-refractivity contribution is 6.30. The highest BCUT2D eigenvalue weighted by Crippen LogP contribution is 2.24. The van der Waals surface area contributed by atoms with E-state index in [1.165, 1.54) is 9.70 Å². The van der Waals surface area contributed by atoms with Gasteiger partial charge in [0.05, 0.1) is 0 Å². The van der Waals surface area contributed by atoms with Crippen molar-refractivity contribution in [2.45, 2.75) is 59.7 Å². The molecule has 0 bridgehead atoms. The van der Waals surface area contributed by atoms with Crippen LogP contribution >= 0.6 is 11.6 Å². The molecule has 9 heteroatoms. The van der Waals surface area contributed by atoms with Gasteiger partial charge in [-0.05, 0) is 82.7 Å². The summed E-state index contributed by atoms with van der Waals surface area (Å²) < 4.78 is 0. The number of rotatable bonds is 6. The van der Waals surface area contributed by atoms with Gasteiger partial charge in [0.1, 0.15) is 12.6 Å². The van der Waals surface area contributed by atoms with Crippen LogP contribution in [0.5, 0.6) is 0 Å². The first kappa shape index (κ1) is 24.4. The van der Waals surface area contributed by atoms with Gasteiger partial charge >= 0.3 is 0 Å². The van der Waals surface area contributed by atoms with Crippen LogP contribution < -0.4 is 10.2 Å². The molecule has 1 aromatic heterocycles. The molecule has 0 fully saturated rings. The zero-order valence-electron chi connectivity index (χ0n) is 19.8. The fourth-order valence-corrected chi connectivity index (χ4v) is 3.57. The lowest BCUT2D eigenvalue weighted by Gasteiger charge is -2.32. The molecule has 1 N–H and O–H groups in total. The van der Waals surface area contributed by atoms with Gasteiger partial charge in [-0.2, -0.15) is 4.80 Å². The van der Waals surface area contributed by atoms with E-state index in [0.717, 1.165) is 16.7 Å². The third-order valence-electron chi connectivity index (χ3n) is 4.98. The van der Waals surface area contributed by atoms with E-state index in [9.17, 15) is 9.59 Å². The largest absolute Gasteiger partial charge is 0.350 e. The number of carbonyl (C=O) groups is 2. The minimum absolute atomic E-state index is 0.166. The van der Waals surface area contributed by atoms with Crippen molar-refractivity contribution in [2.24, 2.45) is 0 Å². The number of amides is 2. The maximum atomic E-state index is 13.5. The second kappa shape index (κ2) is 9.70. The van der Waals surface area contributed by atoms with Crippen molar-refractivity contribution in [1.82, 2.24) is 25.5 Å². The van der Waals surface area contributed by atoms with E-state index in [0.29, 0.717) is 16.5 Å². The van der Waals surface area contributed by atoms with Crippen molar-refractivity contribution < 1.29 is 9.59 Å². The van der Waals surface area contributed by atoms with Crippen molar-refractivity contribution in [1.29, 1.82) is 0 Å². The number of benzene rings is 2. The Morgan fingerprint density at radius 1 is 1.12 bits per heavy atom. The molecule has 174 valence electrons. The van der Waals surface area contributed by atoms with E-state index in [1.54, 1.807) is 31.2 Å². The predicted octanol–water partition coefficient (Wildman–Crippen LogP) is 3.95. The molecule has 8 nitrogen and oxygen atoms in total. The topological polar surface area (TPSA) is 93.0 Å². The smallest absolute Gasteiger partial charge is 0.251 e. The fraction of sp³-hybridized carbons (Fsp3) is 0.375. The van der Waals surface area contributed by atoms with Crippen LogP contribution in [0.3, 0.4) is 0 Å². The summed E-state index contributed by atoms with van der Waals surface area (Å²) in [5.41, 5.74) is 2.94. The number of tetrazole rings is 1. The molecule has 1 unspecified atom stereocenters. The Bertz CT molecular complexity index is 1150. The van der Waals surface area contributed by atoms with E-state index in [1.807, 2.05) is 52.8 Å². The second-order valence-corrected chi connectivity index (χ2v) is 9.56. The quantitative estimate of drug-likeness (QED) is 0.591. The number of aromatic nitrogens is 4. The standard InChI is InChI=1S/C24H29ClN6O2/c1-15-7-12-20(16(2)13-15)31(17(3)23(33)26-24(4,5)6)21(32)14-30-28-22(27-29-30)18-8-10-19(25)11-9-18/h7-13,17H,14H2,1-6H3,(H,26,33). The Kier molecular flexibility index (Phi) is 7.17. The van der Waals surface area contributed by atoms with Gasteiger partial charge in [-0.25, -0.2) is 0 Å². The number of nitrogens with zero attached hydrogens (tertiary/aromatic N) is 5. The van der Waals surface area contributed by atoms with Crippen LogP contribution in [0.4, 0.5) is 5.69 Å². The minimum atomic E-state index is -0.739. The van der Waals surface area contributed by atoms with E-state index in [-0.39, 0.29) is 18.4 Å². The number of halogens is 1. The Balaban J connectivity index is 1.89. The number of hydrogen-bond acceptors (Lipinski definition) is 5.